The number of hydrogen-bond acceptors (Lipinski definition) is 3. The molecule has 0 radical (unpaired) electrons. The van der Waals surface area contributed by atoms with Gasteiger partial charge in [0.2, 0.25) is 0 Å². The number of furan rings is 1. The highest BCUT2D eigenvalue weighted by Crippen LogP contribution is 2.65. The molecule has 2 heterocycles. The minimum atomic E-state index is -0.0305. The Morgan fingerprint density at radius 1 is 1.37 bits per heavy atom. The lowest BCUT2D eigenvalue weighted by Gasteiger charge is -2.62. The SMILES string of the molecule is Cc1occc1C1=NOC2(CCC3CC2C3(C)C)C1. The van der Waals surface area contributed by atoms with E-state index in [1.165, 1.54) is 12.8 Å². The second kappa shape index (κ2) is 3.44. The molecule has 3 unspecified atom stereocenters. The first kappa shape index (κ1) is 11.6. The van der Waals surface area contributed by atoms with Gasteiger partial charge in [-0.25, -0.2) is 0 Å². The van der Waals surface area contributed by atoms with Crippen LogP contribution in [0.4, 0.5) is 0 Å². The van der Waals surface area contributed by atoms with Gasteiger partial charge in [0, 0.05) is 17.9 Å². The van der Waals surface area contributed by atoms with Crippen molar-refractivity contribution >= 4 is 5.71 Å². The predicted octanol–water partition coefficient (Wildman–Crippen LogP) is 3.91. The van der Waals surface area contributed by atoms with Crippen molar-refractivity contribution in [1.82, 2.24) is 0 Å². The Morgan fingerprint density at radius 3 is 2.84 bits per heavy atom. The van der Waals surface area contributed by atoms with Gasteiger partial charge in [-0.1, -0.05) is 19.0 Å². The topological polar surface area (TPSA) is 34.7 Å². The molecule has 19 heavy (non-hydrogen) atoms. The third-order valence-corrected chi connectivity index (χ3v) is 6.00. The van der Waals surface area contributed by atoms with Crippen LogP contribution in [0.15, 0.2) is 21.9 Å². The average molecular weight is 259 g/mol. The minimum Gasteiger partial charge on any atom is -0.469 e. The molecule has 0 saturated heterocycles. The lowest BCUT2D eigenvalue weighted by atomic mass is 9.43. The van der Waals surface area contributed by atoms with E-state index in [1.807, 2.05) is 13.0 Å². The molecule has 3 aliphatic carbocycles. The highest BCUT2D eigenvalue weighted by atomic mass is 16.7. The van der Waals surface area contributed by atoms with Gasteiger partial charge in [-0.05, 0) is 43.6 Å². The molecule has 0 aromatic carbocycles. The summed E-state index contributed by atoms with van der Waals surface area (Å²) in [5.41, 5.74) is 2.59. The maximum atomic E-state index is 6.00. The van der Waals surface area contributed by atoms with Crippen LogP contribution >= 0.6 is 0 Å². The molecular weight excluding hydrogens is 238 g/mol. The summed E-state index contributed by atoms with van der Waals surface area (Å²) < 4.78 is 5.39. The van der Waals surface area contributed by atoms with Crippen molar-refractivity contribution in [3.05, 3.63) is 23.7 Å². The van der Waals surface area contributed by atoms with Crippen molar-refractivity contribution in [2.24, 2.45) is 22.4 Å². The summed E-state index contributed by atoms with van der Waals surface area (Å²) >= 11 is 0. The first-order valence-electron chi connectivity index (χ1n) is 7.32. The smallest absolute Gasteiger partial charge is 0.146 e. The average Bonchev–Trinajstić information content (AvgIpc) is 2.96. The van der Waals surface area contributed by atoms with Crippen LogP contribution in [0.25, 0.3) is 0 Å². The van der Waals surface area contributed by atoms with Gasteiger partial charge < -0.3 is 9.25 Å². The van der Waals surface area contributed by atoms with Crippen molar-refractivity contribution in [1.29, 1.82) is 0 Å². The fraction of sp³-hybridized carbons (Fsp3) is 0.688. The van der Waals surface area contributed by atoms with E-state index in [1.54, 1.807) is 6.26 Å². The van der Waals surface area contributed by atoms with E-state index in [9.17, 15) is 0 Å². The van der Waals surface area contributed by atoms with E-state index in [0.29, 0.717) is 11.3 Å². The summed E-state index contributed by atoms with van der Waals surface area (Å²) in [6.07, 6.45) is 6.46. The zero-order chi connectivity index (χ0) is 13.3. The maximum Gasteiger partial charge on any atom is 0.146 e. The Bertz CT molecular complexity index is 555. The Hall–Kier alpha value is -1.25. The van der Waals surface area contributed by atoms with Crippen LogP contribution in [0, 0.1) is 24.2 Å². The zero-order valence-corrected chi connectivity index (χ0v) is 11.9. The third-order valence-electron chi connectivity index (χ3n) is 6.00. The molecule has 2 bridgehead atoms. The molecule has 4 aliphatic rings. The summed E-state index contributed by atoms with van der Waals surface area (Å²) in [5.74, 6) is 2.50. The maximum absolute atomic E-state index is 6.00. The van der Waals surface area contributed by atoms with E-state index in [4.69, 9.17) is 9.25 Å². The molecule has 1 spiro atoms. The lowest BCUT2D eigenvalue weighted by molar-refractivity contribution is -0.214. The number of nitrogens with zero attached hydrogens (tertiary/aromatic N) is 1. The van der Waals surface area contributed by atoms with Crippen LogP contribution in [0.3, 0.4) is 0 Å². The monoisotopic (exact) mass is 259 g/mol. The molecule has 1 aromatic rings. The largest absolute Gasteiger partial charge is 0.469 e. The van der Waals surface area contributed by atoms with Crippen LogP contribution in [-0.2, 0) is 4.84 Å². The van der Waals surface area contributed by atoms with Gasteiger partial charge in [-0.2, -0.15) is 0 Å². The summed E-state index contributed by atoms with van der Waals surface area (Å²) in [4.78, 5) is 6.00. The van der Waals surface area contributed by atoms with E-state index < -0.39 is 0 Å². The Labute approximate surface area is 114 Å². The van der Waals surface area contributed by atoms with E-state index in [2.05, 4.69) is 19.0 Å². The molecule has 3 nitrogen and oxygen atoms in total. The van der Waals surface area contributed by atoms with Gasteiger partial charge in [0.05, 0.1) is 12.0 Å². The quantitative estimate of drug-likeness (QED) is 0.766. The second-order valence-electron chi connectivity index (χ2n) is 7.11. The van der Waals surface area contributed by atoms with Crippen molar-refractivity contribution in [2.75, 3.05) is 0 Å². The fourth-order valence-corrected chi connectivity index (χ4v) is 4.64. The molecule has 3 heteroatoms. The van der Waals surface area contributed by atoms with Gasteiger partial charge in [0.25, 0.3) is 0 Å². The highest BCUT2D eigenvalue weighted by Gasteiger charge is 2.64. The molecule has 1 aliphatic heterocycles. The van der Waals surface area contributed by atoms with Gasteiger partial charge in [-0.3, -0.25) is 0 Å². The molecule has 3 atom stereocenters. The van der Waals surface area contributed by atoms with E-state index in [0.717, 1.165) is 35.8 Å². The van der Waals surface area contributed by atoms with Crippen molar-refractivity contribution in [2.45, 2.75) is 52.1 Å². The summed E-state index contributed by atoms with van der Waals surface area (Å²) in [5, 5.41) is 4.41. The van der Waals surface area contributed by atoms with Crippen LogP contribution in [0.1, 0.15) is 50.9 Å². The number of oxime groups is 1. The number of rotatable bonds is 1. The fourth-order valence-electron chi connectivity index (χ4n) is 4.64. The predicted molar refractivity (Wildman–Crippen MR) is 73.0 cm³/mol. The number of aryl methyl sites for hydroxylation is 1. The van der Waals surface area contributed by atoms with Crippen LogP contribution in [0.5, 0.6) is 0 Å². The van der Waals surface area contributed by atoms with Gasteiger partial charge in [0.15, 0.2) is 0 Å². The van der Waals surface area contributed by atoms with Gasteiger partial charge >= 0.3 is 0 Å². The van der Waals surface area contributed by atoms with E-state index >= 15 is 0 Å². The molecule has 1 aromatic heterocycles. The number of fused-ring (bicyclic) bond motifs is 1. The van der Waals surface area contributed by atoms with Crippen molar-refractivity contribution < 1.29 is 9.25 Å². The molecule has 0 amide bonds. The minimum absolute atomic E-state index is 0.0305. The standard InChI is InChI=1S/C16H21NO2/c1-10-12(5-7-18-10)13-9-16(19-17-13)6-4-11-8-14(16)15(11,2)3/h5,7,11,14H,4,6,8-9H2,1-3H3. The van der Waals surface area contributed by atoms with Crippen LogP contribution in [-0.4, -0.2) is 11.3 Å². The molecule has 102 valence electrons. The Kier molecular flexibility index (Phi) is 2.09. The molecule has 3 fully saturated rings. The van der Waals surface area contributed by atoms with Gasteiger partial charge in [0.1, 0.15) is 11.4 Å². The second-order valence-corrected chi connectivity index (χ2v) is 7.11. The van der Waals surface area contributed by atoms with Crippen molar-refractivity contribution in [3.8, 4) is 0 Å². The molecular formula is C16H21NO2. The first-order valence-corrected chi connectivity index (χ1v) is 7.32. The van der Waals surface area contributed by atoms with Crippen LogP contribution in [0.2, 0.25) is 0 Å². The molecule has 5 rings (SSSR count). The lowest BCUT2D eigenvalue weighted by Crippen LogP contribution is -2.61. The highest BCUT2D eigenvalue weighted by molar-refractivity contribution is 6.02. The summed E-state index contributed by atoms with van der Waals surface area (Å²) in [6, 6.07) is 2.01. The van der Waals surface area contributed by atoms with Crippen molar-refractivity contribution in [3.63, 3.8) is 0 Å². The summed E-state index contributed by atoms with van der Waals surface area (Å²) in [7, 11) is 0. The third kappa shape index (κ3) is 1.36. The zero-order valence-electron chi connectivity index (χ0n) is 11.9. The number of hydrogen-bond donors (Lipinski definition) is 0. The first-order chi connectivity index (χ1) is 9.03. The normalized spacial score (nSPS) is 38.8. The molecule has 3 saturated carbocycles. The van der Waals surface area contributed by atoms with Crippen LogP contribution < -0.4 is 0 Å². The van der Waals surface area contributed by atoms with E-state index in [-0.39, 0.29) is 5.60 Å². The summed E-state index contributed by atoms with van der Waals surface area (Å²) in [6.45, 7) is 6.79. The van der Waals surface area contributed by atoms with Gasteiger partial charge in [-0.15, -0.1) is 0 Å². The Balaban J connectivity index is 1.62. The molecule has 0 N–H and O–H groups in total. The Morgan fingerprint density at radius 2 is 2.21 bits per heavy atom.